The summed E-state index contributed by atoms with van der Waals surface area (Å²) in [6, 6.07) is 4.72. The fourth-order valence-corrected chi connectivity index (χ4v) is 3.36. The van der Waals surface area contributed by atoms with Crippen molar-refractivity contribution in [3.63, 3.8) is 0 Å². The molecule has 1 aromatic rings. The summed E-state index contributed by atoms with van der Waals surface area (Å²) in [5, 5.41) is 2.23. The average molecular weight is 364 g/mol. The van der Waals surface area contributed by atoms with Crippen LogP contribution in [0.15, 0.2) is 18.2 Å². The molecule has 2 fully saturated rings. The molecule has 0 bridgehead atoms. The molecular formula is C18H25FN4O3. The summed E-state index contributed by atoms with van der Waals surface area (Å²) in [4.78, 5) is 27.1. The minimum absolute atomic E-state index is 0.0971. The van der Waals surface area contributed by atoms with Gasteiger partial charge in [-0.3, -0.25) is 19.8 Å². The fourth-order valence-electron chi connectivity index (χ4n) is 3.36. The summed E-state index contributed by atoms with van der Waals surface area (Å²) in [7, 11) is 0. The molecule has 3 N–H and O–H groups in total. The van der Waals surface area contributed by atoms with Gasteiger partial charge in [0.2, 0.25) is 11.8 Å². The standard InChI is InChI=1S/C18H25FN4O3/c19-15-10-13(26-14-11-17(24)21-18(25)12-14)2-3-16(15)23-8-6-22(7-9-23)5-1-4-20/h2-3,10,14H,1,4-9,11-12,20H2,(H,21,24,25). The number of hydrogen-bond donors (Lipinski definition) is 2. The van der Waals surface area contributed by atoms with Gasteiger partial charge in [0.05, 0.1) is 18.5 Å². The van der Waals surface area contributed by atoms with Gasteiger partial charge in [-0.1, -0.05) is 0 Å². The molecule has 3 rings (SSSR count). The Labute approximate surface area is 152 Å². The van der Waals surface area contributed by atoms with E-state index in [2.05, 4.69) is 10.2 Å². The molecule has 0 atom stereocenters. The lowest BCUT2D eigenvalue weighted by Crippen LogP contribution is -2.47. The summed E-state index contributed by atoms with van der Waals surface area (Å²) in [5.41, 5.74) is 6.09. The minimum Gasteiger partial charge on any atom is -0.489 e. The molecule has 2 saturated heterocycles. The van der Waals surface area contributed by atoms with E-state index in [1.807, 2.05) is 4.90 Å². The van der Waals surface area contributed by atoms with Crippen molar-refractivity contribution in [1.29, 1.82) is 0 Å². The Hall–Kier alpha value is -2.19. The van der Waals surface area contributed by atoms with Crippen LogP contribution in [-0.4, -0.2) is 62.1 Å². The maximum atomic E-state index is 14.5. The zero-order valence-corrected chi connectivity index (χ0v) is 14.7. The van der Waals surface area contributed by atoms with Crippen LogP contribution in [-0.2, 0) is 9.59 Å². The van der Waals surface area contributed by atoms with Gasteiger partial charge in [-0.15, -0.1) is 0 Å². The molecule has 7 nitrogen and oxygen atoms in total. The van der Waals surface area contributed by atoms with E-state index in [-0.39, 0.29) is 30.5 Å². The predicted molar refractivity (Wildman–Crippen MR) is 95.5 cm³/mol. The van der Waals surface area contributed by atoms with Crippen molar-refractivity contribution in [2.75, 3.05) is 44.2 Å². The normalized spacial score (nSPS) is 19.5. The molecule has 2 heterocycles. The lowest BCUT2D eigenvalue weighted by Gasteiger charge is -2.36. The van der Waals surface area contributed by atoms with Gasteiger partial charge in [-0.05, 0) is 31.6 Å². The minimum atomic E-state index is -0.549. The van der Waals surface area contributed by atoms with Crippen LogP contribution in [0.25, 0.3) is 0 Å². The van der Waals surface area contributed by atoms with E-state index >= 15 is 0 Å². The molecule has 2 aliphatic heterocycles. The van der Waals surface area contributed by atoms with Crippen LogP contribution < -0.4 is 20.7 Å². The molecule has 0 aromatic heterocycles. The lowest BCUT2D eigenvalue weighted by atomic mass is 10.1. The number of carbonyl (C=O) groups is 2. The average Bonchev–Trinajstić information content (AvgIpc) is 2.60. The second kappa shape index (κ2) is 8.46. The SMILES string of the molecule is NCCCN1CCN(c2ccc(OC3CC(=O)NC(=O)C3)cc2F)CC1. The number of nitrogens with one attached hydrogen (secondary N) is 1. The molecule has 0 saturated carbocycles. The third-order valence-electron chi connectivity index (χ3n) is 4.72. The second-order valence-corrected chi connectivity index (χ2v) is 6.70. The van der Waals surface area contributed by atoms with E-state index in [4.69, 9.17) is 10.5 Å². The summed E-state index contributed by atoms with van der Waals surface area (Å²) < 4.78 is 20.2. The second-order valence-electron chi connectivity index (χ2n) is 6.70. The van der Waals surface area contributed by atoms with E-state index < -0.39 is 6.10 Å². The molecule has 1 aromatic carbocycles. The smallest absolute Gasteiger partial charge is 0.230 e. The maximum absolute atomic E-state index is 14.5. The summed E-state index contributed by atoms with van der Waals surface area (Å²) in [6.07, 6.45) is 0.620. The lowest BCUT2D eigenvalue weighted by molar-refractivity contribution is -0.136. The topological polar surface area (TPSA) is 87.9 Å². The first kappa shape index (κ1) is 18.6. The number of piperidine rings is 1. The molecule has 2 amide bonds. The van der Waals surface area contributed by atoms with Crippen molar-refractivity contribution >= 4 is 17.5 Å². The Bertz CT molecular complexity index is 646. The largest absolute Gasteiger partial charge is 0.489 e. The van der Waals surface area contributed by atoms with Gasteiger partial charge in [-0.2, -0.15) is 0 Å². The molecule has 0 radical (unpaired) electrons. The highest BCUT2D eigenvalue weighted by Gasteiger charge is 2.27. The van der Waals surface area contributed by atoms with E-state index in [1.54, 1.807) is 12.1 Å². The first-order chi connectivity index (χ1) is 12.5. The van der Waals surface area contributed by atoms with E-state index in [9.17, 15) is 14.0 Å². The molecule has 2 aliphatic rings. The number of ether oxygens (including phenoxy) is 1. The Kier molecular flexibility index (Phi) is 6.05. The fraction of sp³-hybridized carbons (Fsp3) is 0.556. The summed E-state index contributed by atoms with van der Waals surface area (Å²) >= 11 is 0. The Morgan fingerprint density at radius 2 is 1.85 bits per heavy atom. The van der Waals surface area contributed by atoms with Crippen LogP contribution in [0, 0.1) is 5.82 Å². The van der Waals surface area contributed by atoms with Crippen molar-refractivity contribution in [1.82, 2.24) is 10.2 Å². The Morgan fingerprint density at radius 3 is 2.46 bits per heavy atom. The molecule has 142 valence electrons. The highest BCUT2D eigenvalue weighted by molar-refractivity contribution is 5.98. The number of halogens is 1. The van der Waals surface area contributed by atoms with Gasteiger partial charge in [0.1, 0.15) is 17.7 Å². The van der Waals surface area contributed by atoms with Crippen LogP contribution in [0.3, 0.4) is 0 Å². The third kappa shape index (κ3) is 4.70. The zero-order valence-electron chi connectivity index (χ0n) is 14.7. The number of piperazine rings is 1. The number of nitrogens with zero attached hydrogens (tertiary/aromatic N) is 2. The monoisotopic (exact) mass is 364 g/mol. The van der Waals surface area contributed by atoms with Gasteiger partial charge in [-0.25, -0.2) is 4.39 Å². The van der Waals surface area contributed by atoms with Crippen LogP contribution in [0.4, 0.5) is 10.1 Å². The quantitative estimate of drug-likeness (QED) is 0.714. The first-order valence-electron chi connectivity index (χ1n) is 9.01. The zero-order chi connectivity index (χ0) is 18.5. The first-order valence-corrected chi connectivity index (χ1v) is 9.01. The van der Waals surface area contributed by atoms with Crippen molar-refractivity contribution in [2.24, 2.45) is 5.73 Å². The summed E-state index contributed by atoms with van der Waals surface area (Å²) in [5.74, 6) is -0.753. The van der Waals surface area contributed by atoms with Crippen molar-refractivity contribution in [2.45, 2.75) is 25.4 Å². The van der Waals surface area contributed by atoms with Crippen LogP contribution in [0.2, 0.25) is 0 Å². The van der Waals surface area contributed by atoms with Crippen LogP contribution in [0.5, 0.6) is 5.75 Å². The third-order valence-corrected chi connectivity index (χ3v) is 4.72. The van der Waals surface area contributed by atoms with Crippen LogP contribution in [0.1, 0.15) is 19.3 Å². The number of hydrogen-bond acceptors (Lipinski definition) is 6. The molecule has 0 unspecified atom stereocenters. The Morgan fingerprint density at radius 1 is 1.15 bits per heavy atom. The van der Waals surface area contributed by atoms with Gasteiger partial charge >= 0.3 is 0 Å². The van der Waals surface area contributed by atoms with Crippen LogP contribution >= 0.6 is 0 Å². The van der Waals surface area contributed by atoms with E-state index in [1.165, 1.54) is 6.07 Å². The number of anilines is 1. The highest BCUT2D eigenvalue weighted by atomic mass is 19.1. The van der Waals surface area contributed by atoms with Crippen molar-refractivity contribution in [3.8, 4) is 5.75 Å². The molecule has 0 aliphatic carbocycles. The van der Waals surface area contributed by atoms with Gasteiger partial charge in [0.25, 0.3) is 0 Å². The molecule has 26 heavy (non-hydrogen) atoms. The number of amides is 2. The van der Waals surface area contributed by atoms with Gasteiger partial charge in [0, 0.05) is 32.2 Å². The van der Waals surface area contributed by atoms with Gasteiger partial charge in [0.15, 0.2) is 0 Å². The predicted octanol–water partition coefficient (Wildman–Crippen LogP) is 0.481. The number of carbonyl (C=O) groups excluding carboxylic acids is 2. The molecule has 8 heteroatoms. The number of rotatable bonds is 6. The number of nitrogens with two attached hydrogens (primary N) is 1. The van der Waals surface area contributed by atoms with E-state index in [0.29, 0.717) is 18.0 Å². The number of benzene rings is 1. The van der Waals surface area contributed by atoms with E-state index in [0.717, 1.165) is 39.1 Å². The molecular weight excluding hydrogens is 339 g/mol. The van der Waals surface area contributed by atoms with Crippen molar-refractivity contribution < 1.29 is 18.7 Å². The highest BCUT2D eigenvalue weighted by Crippen LogP contribution is 2.26. The number of imide groups is 1. The Balaban J connectivity index is 1.58. The molecule has 0 spiro atoms. The summed E-state index contributed by atoms with van der Waals surface area (Å²) in [6.45, 7) is 4.96. The van der Waals surface area contributed by atoms with Crippen molar-refractivity contribution in [3.05, 3.63) is 24.0 Å². The maximum Gasteiger partial charge on any atom is 0.230 e. The van der Waals surface area contributed by atoms with Gasteiger partial charge < -0.3 is 15.4 Å².